The number of anilines is 1. The highest BCUT2D eigenvalue weighted by Crippen LogP contribution is 2.26. The SMILES string of the molecule is O=C(Nc1cccc(S(=O)(=O)N2CCCCC2)c1)c1cnccc1Oc1ccccc1. The van der Waals surface area contributed by atoms with E-state index in [9.17, 15) is 13.2 Å². The van der Waals surface area contributed by atoms with Gasteiger partial charge >= 0.3 is 0 Å². The highest BCUT2D eigenvalue weighted by atomic mass is 32.2. The van der Waals surface area contributed by atoms with Gasteiger partial charge in [0.05, 0.1) is 4.90 Å². The van der Waals surface area contributed by atoms with Crippen molar-refractivity contribution in [3.63, 3.8) is 0 Å². The van der Waals surface area contributed by atoms with Crippen LogP contribution in [0.25, 0.3) is 0 Å². The van der Waals surface area contributed by atoms with Crippen molar-refractivity contribution in [2.24, 2.45) is 0 Å². The number of hydrogen-bond acceptors (Lipinski definition) is 5. The number of ether oxygens (including phenoxy) is 1. The van der Waals surface area contributed by atoms with Gasteiger partial charge in [-0.25, -0.2) is 8.42 Å². The fourth-order valence-corrected chi connectivity index (χ4v) is 5.01. The maximum Gasteiger partial charge on any atom is 0.261 e. The van der Waals surface area contributed by atoms with Gasteiger partial charge in [0.1, 0.15) is 17.1 Å². The second-order valence-corrected chi connectivity index (χ2v) is 9.17. The molecule has 1 aromatic heterocycles. The van der Waals surface area contributed by atoms with Gasteiger partial charge in [-0.1, -0.05) is 30.7 Å². The zero-order valence-electron chi connectivity index (χ0n) is 16.9. The average molecular weight is 438 g/mol. The largest absolute Gasteiger partial charge is 0.456 e. The van der Waals surface area contributed by atoms with Crippen LogP contribution in [-0.2, 0) is 10.0 Å². The lowest BCUT2D eigenvalue weighted by Crippen LogP contribution is -2.35. The Morgan fingerprint density at radius 2 is 1.74 bits per heavy atom. The molecule has 7 nitrogen and oxygen atoms in total. The number of nitrogens with one attached hydrogen (secondary N) is 1. The number of hydrogen-bond donors (Lipinski definition) is 1. The van der Waals surface area contributed by atoms with Crippen LogP contribution in [0.15, 0.2) is 78.0 Å². The molecule has 4 rings (SSSR count). The van der Waals surface area contributed by atoms with Crippen molar-refractivity contribution >= 4 is 21.6 Å². The van der Waals surface area contributed by atoms with Gasteiger partial charge in [0.15, 0.2) is 0 Å². The highest BCUT2D eigenvalue weighted by Gasteiger charge is 2.26. The smallest absolute Gasteiger partial charge is 0.261 e. The van der Waals surface area contributed by atoms with E-state index in [1.807, 2.05) is 18.2 Å². The normalized spacial score (nSPS) is 14.7. The molecule has 0 unspecified atom stereocenters. The topological polar surface area (TPSA) is 88.6 Å². The van der Waals surface area contributed by atoms with E-state index in [0.29, 0.717) is 30.3 Å². The van der Waals surface area contributed by atoms with Gasteiger partial charge in [0.25, 0.3) is 5.91 Å². The molecule has 1 amide bonds. The Kier molecular flexibility index (Phi) is 6.29. The third-order valence-corrected chi connectivity index (χ3v) is 6.94. The Morgan fingerprint density at radius 3 is 2.52 bits per heavy atom. The van der Waals surface area contributed by atoms with Crippen LogP contribution in [0.1, 0.15) is 29.6 Å². The second kappa shape index (κ2) is 9.28. The lowest BCUT2D eigenvalue weighted by Gasteiger charge is -2.26. The summed E-state index contributed by atoms with van der Waals surface area (Å²) in [6.45, 7) is 1.05. The fraction of sp³-hybridized carbons (Fsp3) is 0.217. The van der Waals surface area contributed by atoms with Gasteiger partial charge in [0.2, 0.25) is 10.0 Å². The average Bonchev–Trinajstić information content (AvgIpc) is 2.81. The number of piperidine rings is 1. The fourth-order valence-electron chi connectivity index (χ4n) is 3.44. The van der Waals surface area contributed by atoms with Gasteiger partial charge in [0, 0.05) is 31.2 Å². The van der Waals surface area contributed by atoms with E-state index >= 15 is 0 Å². The Hall–Kier alpha value is -3.23. The van der Waals surface area contributed by atoms with Crippen molar-refractivity contribution in [1.82, 2.24) is 9.29 Å². The first-order valence-electron chi connectivity index (χ1n) is 10.1. The quantitative estimate of drug-likeness (QED) is 0.621. The molecule has 1 fully saturated rings. The van der Waals surface area contributed by atoms with Crippen molar-refractivity contribution in [2.45, 2.75) is 24.2 Å². The Bertz CT molecular complexity index is 1160. The zero-order chi connectivity index (χ0) is 21.7. The van der Waals surface area contributed by atoms with E-state index in [0.717, 1.165) is 19.3 Å². The molecule has 1 saturated heterocycles. The summed E-state index contributed by atoms with van der Waals surface area (Å²) >= 11 is 0. The Balaban J connectivity index is 1.54. The summed E-state index contributed by atoms with van der Waals surface area (Å²) < 4.78 is 33.2. The number of benzene rings is 2. The lowest BCUT2D eigenvalue weighted by atomic mass is 10.2. The molecule has 0 bridgehead atoms. The Labute approximate surface area is 181 Å². The van der Waals surface area contributed by atoms with Crippen molar-refractivity contribution in [1.29, 1.82) is 0 Å². The summed E-state index contributed by atoms with van der Waals surface area (Å²) in [6, 6.07) is 17.0. The molecule has 160 valence electrons. The van der Waals surface area contributed by atoms with Crippen LogP contribution in [0.4, 0.5) is 5.69 Å². The summed E-state index contributed by atoms with van der Waals surface area (Å²) in [7, 11) is -3.59. The van der Waals surface area contributed by atoms with Crippen molar-refractivity contribution in [3.8, 4) is 11.5 Å². The molecule has 0 radical (unpaired) electrons. The van der Waals surface area contributed by atoms with Crippen molar-refractivity contribution in [2.75, 3.05) is 18.4 Å². The second-order valence-electron chi connectivity index (χ2n) is 7.23. The van der Waals surface area contributed by atoms with E-state index in [1.165, 1.54) is 16.6 Å². The number of amides is 1. The van der Waals surface area contributed by atoms with Gasteiger partial charge in [-0.3, -0.25) is 9.78 Å². The predicted octanol–water partition coefficient (Wildman–Crippen LogP) is 4.30. The number of aromatic nitrogens is 1. The van der Waals surface area contributed by atoms with Crippen LogP contribution in [-0.4, -0.2) is 36.7 Å². The minimum atomic E-state index is -3.59. The highest BCUT2D eigenvalue weighted by molar-refractivity contribution is 7.89. The molecule has 1 N–H and O–H groups in total. The minimum Gasteiger partial charge on any atom is -0.456 e. The molecular weight excluding hydrogens is 414 g/mol. The van der Waals surface area contributed by atoms with E-state index in [2.05, 4.69) is 10.3 Å². The summed E-state index contributed by atoms with van der Waals surface area (Å²) in [6.07, 6.45) is 5.73. The maximum absolute atomic E-state index is 12.9. The molecule has 2 heterocycles. The number of para-hydroxylation sites is 1. The van der Waals surface area contributed by atoms with E-state index in [-0.39, 0.29) is 10.5 Å². The summed E-state index contributed by atoms with van der Waals surface area (Å²) in [5, 5.41) is 2.76. The standard InChI is InChI=1S/C23H23N3O4S/c27-23(21-17-24-13-12-22(21)30-19-9-3-1-4-10-19)25-18-8-7-11-20(16-18)31(28,29)26-14-5-2-6-15-26/h1,3-4,7-13,16-17H,2,5-6,14-15H2,(H,25,27). The van der Waals surface area contributed by atoms with E-state index in [1.54, 1.807) is 42.6 Å². The van der Waals surface area contributed by atoms with Crippen LogP contribution in [0.2, 0.25) is 0 Å². The van der Waals surface area contributed by atoms with Crippen LogP contribution < -0.4 is 10.1 Å². The van der Waals surface area contributed by atoms with Gasteiger partial charge in [-0.15, -0.1) is 0 Å². The number of pyridine rings is 1. The molecule has 1 aliphatic rings. The molecule has 0 aliphatic carbocycles. The van der Waals surface area contributed by atoms with Crippen LogP contribution in [0.3, 0.4) is 0 Å². The predicted molar refractivity (Wildman–Crippen MR) is 118 cm³/mol. The molecule has 0 spiro atoms. The van der Waals surface area contributed by atoms with Gasteiger partial charge in [-0.2, -0.15) is 4.31 Å². The van der Waals surface area contributed by atoms with Crippen molar-refractivity contribution < 1.29 is 17.9 Å². The lowest BCUT2D eigenvalue weighted by molar-refractivity contribution is 0.102. The zero-order valence-corrected chi connectivity index (χ0v) is 17.7. The van der Waals surface area contributed by atoms with Crippen LogP contribution in [0.5, 0.6) is 11.5 Å². The van der Waals surface area contributed by atoms with Crippen molar-refractivity contribution in [3.05, 3.63) is 78.6 Å². The van der Waals surface area contributed by atoms with E-state index < -0.39 is 15.9 Å². The molecule has 1 aliphatic heterocycles. The molecular formula is C23H23N3O4S. The van der Waals surface area contributed by atoms with Crippen LogP contribution >= 0.6 is 0 Å². The van der Waals surface area contributed by atoms with Crippen LogP contribution in [0, 0.1) is 0 Å². The monoisotopic (exact) mass is 437 g/mol. The van der Waals surface area contributed by atoms with E-state index in [4.69, 9.17) is 4.74 Å². The van der Waals surface area contributed by atoms with Gasteiger partial charge in [-0.05, 0) is 49.2 Å². The Morgan fingerprint density at radius 1 is 0.968 bits per heavy atom. The molecule has 0 atom stereocenters. The molecule has 2 aromatic carbocycles. The van der Waals surface area contributed by atoms with Gasteiger partial charge < -0.3 is 10.1 Å². The minimum absolute atomic E-state index is 0.166. The number of sulfonamides is 1. The summed E-state index contributed by atoms with van der Waals surface area (Å²) in [5.74, 6) is 0.514. The number of nitrogens with zero attached hydrogens (tertiary/aromatic N) is 2. The molecule has 8 heteroatoms. The maximum atomic E-state index is 12.9. The third-order valence-electron chi connectivity index (χ3n) is 5.04. The number of carbonyl (C=O) groups is 1. The molecule has 31 heavy (non-hydrogen) atoms. The summed E-state index contributed by atoms with van der Waals surface area (Å²) in [5.41, 5.74) is 0.633. The third kappa shape index (κ3) is 4.92. The first kappa shape index (κ1) is 21.0. The number of carbonyl (C=O) groups excluding carboxylic acids is 1. The summed E-state index contributed by atoms with van der Waals surface area (Å²) in [4.78, 5) is 17.1. The first-order chi connectivity index (χ1) is 15.0. The molecule has 0 saturated carbocycles. The first-order valence-corrected chi connectivity index (χ1v) is 11.6. The molecule has 3 aromatic rings. The number of rotatable bonds is 6.